The molecule has 11 heteroatoms. The van der Waals surface area contributed by atoms with E-state index >= 15 is 0 Å². The van der Waals surface area contributed by atoms with Gasteiger partial charge in [-0.2, -0.15) is 0 Å². The summed E-state index contributed by atoms with van der Waals surface area (Å²) in [6.07, 6.45) is -2.39. The second-order valence-corrected chi connectivity index (χ2v) is 10.4. The highest BCUT2D eigenvalue weighted by Gasteiger charge is 2.51. The van der Waals surface area contributed by atoms with Crippen molar-refractivity contribution in [1.29, 1.82) is 0 Å². The number of esters is 2. The number of aliphatic hydroxyl groups is 1. The Hall–Kier alpha value is -4.64. The second-order valence-electron chi connectivity index (χ2n) is 10.4. The summed E-state index contributed by atoms with van der Waals surface area (Å²) < 4.78 is 46.8. The van der Waals surface area contributed by atoms with Gasteiger partial charge in [0.05, 0.1) is 34.0 Å². The molecule has 0 amide bonds. The highest BCUT2D eigenvalue weighted by atomic mass is 16.7. The number of hydrogen-bond acceptors (Lipinski definition) is 11. The minimum atomic E-state index is -1.81. The van der Waals surface area contributed by atoms with Gasteiger partial charge in [0.1, 0.15) is 11.7 Å². The molecule has 0 fully saturated rings. The van der Waals surface area contributed by atoms with E-state index in [2.05, 4.69) is 0 Å². The molecule has 3 aromatic carbocycles. The van der Waals surface area contributed by atoms with Crippen molar-refractivity contribution in [1.82, 2.24) is 0 Å². The molecule has 0 aromatic heterocycles. The van der Waals surface area contributed by atoms with Crippen LogP contribution in [0.2, 0.25) is 0 Å². The summed E-state index contributed by atoms with van der Waals surface area (Å²) >= 11 is 0. The summed E-state index contributed by atoms with van der Waals surface area (Å²) in [5.74, 6) is -0.482. The van der Waals surface area contributed by atoms with Crippen LogP contribution in [0.15, 0.2) is 42.5 Å². The molecule has 43 heavy (non-hydrogen) atoms. The van der Waals surface area contributed by atoms with Crippen LogP contribution in [0, 0.1) is 5.92 Å². The third-order valence-electron chi connectivity index (χ3n) is 7.99. The molecule has 11 nitrogen and oxygen atoms in total. The number of hydrogen-bond donors (Lipinski definition) is 1. The molecule has 5 rings (SSSR count). The van der Waals surface area contributed by atoms with Gasteiger partial charge in [-0.3, -0.25) is 4.79 Å². The Morgan fingerprint density at radius 2 is 1.51 bits per heavy atom. The average molecular weight is 595 g/mol. The summed E-state index contributed by atoms with van der Waals surface area (Å²) in [7, 11) is 5.83. The molecule has 4 atom stereocenters. The van der Waals surface area contributed by atoms with Crippen LogP contribution in [0.1, 0.15) is 54.5 Å². The smallest absolute Gasteiger partial charge is 0.338 e. The molecule has 0 spiro atoms. The van der Waals surface area contributed by atoms with Gasteiger partial charge in [0.25, 0.3) is 0 Å². The Balaban J connectivity index is 1.93. The Kier molecular flexibility index (Phi) is 8.02. The lowest BCUT2D eigenvalue weighted by Crippen LogP contribution is -2.46. The molecule has 1 aliphatic carbocycles. The van der Waals surface area contributed by atoms with Crippen LogP contribution < -0.4 is 28.4 Å². The maximum Gasteiger partial charge on any atom is 0.338 e. The fraction of sp³-hybridized carbons (Fsp3) is 0.375. The number of benzene rings is 3. The highest BCUT2D eigenvalue weighted by molar-refractivity contribution is 5.92. The van der Waals surface area contributed by atoms with E-state index in [1.165, 1.54) is 42.3 Å². The van der Waals surface area contributed by atoms with Crippen LogP contribution in [0.5, 0.6) is 34.5 Å². The number of rotatable bonds is 7. The van der Waals surface area contributed by atoms with Gasteiger partial charge >= 0.3 is 11.9 Å². The summed E-state index contributed by atoms with van der Waals surface area (Å²) in [6, 6.07) is 11.8. The van der Waals surface area contributed by atoms with E-state index < -0.39 is 35.7 Å². The van der Waals surface area contributed by atoms with Crippen molar-refractivity contribution >= 4 is 11.9 Å². The predicted molar refractivity (Wildman–Crippen MR) is 153 cm³/mol. The molecular formula is C32H34O11. The van der Waals surface area contributed by atoms with E-state index in [0.29, 0.717) is 39.3 Å². The van der Waals surface area contributed by atoms with Crippen molar-refractivity contribution in [3.05, 3.63) is 59.2 Å². The number of carbonyl (C=O) groups excluding carboxylic acids is 2. The van der Waals surface area contributed by atoms with E-state index in [0.717, 1.165) is 0 Å². The topological polar surface area (TPSA) is 128 Å². The second kappa shape index (κ2) is 11.6. The van der Waals surface area contributed by atoms with Gasteiger partial charge in [-0.15, -0.1) is 0 Å². The van der Waals surface area contributed by atoms with Gasteiger partial charge in [-0.25, -0.2) is 4.79 Å². The lowest BCUT2D eigenvalue weighted by molar-refractivity contribution is -0.176. The molecule has 1 heterocycles. The van der Waals surface area contributed by atoms with E-state index in [1.54, 1.807) is 49.4 Å². The summed E-state index contributed by atoms with van der Waals surface area (Å²) in [4.78, 5) is 26.1. The molecule has 0 bridgehead atoms. The van der Waals surface area contributed by atoms with E-state index in [4.69, 9.17) is 37.9 Å². The SMILES string of the molecule is COc1cc2c(c(OC)c1OC)-c1c(cc3c(c1OC)OCO3)C(OC(=O)c1ccccc1)C(C)C(C)(O)C2OC(C)=O. The van der Waals surface area contributed by atoms with Crippen molar-refractivity contribution < 1.29 is 52.6 Å². The van der Waals surface area contributed by atoms with Crippen molar-refractivity contribution in [2.75, 3.05) is 35.2 Å². The molecule has 0 radical (unpaired) electrons. The molecule has 0 saturated carbocycles. The molecular weight excluding hydrogens is 560 g/mol. The van der Waals surface area contributed by atoms with Crippen LogP contribution >= 0.6 is 0 Å². The first kappa shape index (κ1) is 29.8. The number of fused-ring (bicyclic) bond motifs is 4. The number of methoxy groups -OCH3 is 4. The standard InChI is InChI=1S/C32H34O11/c1-16-25(43-31(34)18-11-9-8-10-12-18)19-13-22-27(41-15-40-22)29(39-7)23(19)24-20(30(32(16,3)35)42-17(2)33)14-21(36-4)26(37-5)28(24)38-6/h8-14,16,25,30,35H,15H2,1-7H3. The largest absolute Gasteiger partial charge is 0.493 e. The summed E-state index contributed by atoms with van der Waals surface area (Å²) in [5.41, 5.74) is 0.0357. The van der Waals surface area contributed by atoms with Crippen LogP contribution in [-0.4, -0.2) is 57.9 Å². The predicted octanol–water partition coefficient (Wildman–Crippen LogP) is 5.02. The molecule has 1 N–H and O–H groups in total. The molecule has 2 aliphatic rings. The lowest BCUT2D eigenvalue weighted by Gasteiger charge is -2.43. The quantitative estimate of drug-likeness (QED) is 0.370. The van der Waals surface area contributed by atoms with Crippen molar-refractivity contribution in [2.45, 2.75) is 38.6 Å². The molecule has 228 valence electrons. The highest BCUT2D eigenvalue weighted by Crippen LogP contribution is 2.61. The fourth-order valence-electron chi connectivity index (χ4n) is 5.75. The van der Waals surface area contributed by atoms with E-state index in [1.807, 2.05) is 0 Å². The van der Waals surface area contributed by atoms with E-state index in [-0.39, 0.29) is 29.8 Å². The first-order chi connectivity index (χ1) is 20.6. The normalized spacial score (nSPS) is 21.8. The zero-order valence-electron chi connectivity index (χ0n) is 25.0. The number of carbonyl (C=O) groups is 2. The van der Waals surface area contributed by atoms with Gasteiger partial charge in [-0.1, -0.05) is 25.1 Å². The summed E-state index contributed by atoms with van der Waals surface area (Å²) in [6.45, 7) is 4.42. The third-order valence-corrected chi connectivity index (χ3v) is 7.99. The first-order valence-corrected chi connectivity index (χ1v) is 13.6. The van der Waals surface area contributed by atoms with Crippen molar-refractivity contribution in [2.24, 2.45) is 5.92 Å². The van der Waals surface area contributed by atoms with Gasteiger partial charge in [-0.05, 0) is 31.2 Å². The number of ether oxygens (including phenoxy) is 8. The Bertz CT molecular complexity index is 1550. The average Bonchev–Trinajstić information content (AvgIpc) is 3.48. The maximum atomic E-state index is 13.5. The van der Waals surface area contributed by atoms with Crippen LogP contribution in [0.4, 0.5) is 0 Å². The lowest BCUT2D eigenvalue weighted by atomic mass is 9.71. The molecule has 0 saturated heterocycles. The molecule has 1 aliphatic heterocycles. The fourth-order valence-corrected chi connectivity index (χ4v) is 5.75. The van der Waals surface area contributed by atoms with Gasteiger partial charge in [0.15, 0.2) is 29.1 Å². The van der Waals surface area contributed by atoms with Gasteiger partial charge in [0.2, 0.25) is 18.3 Å². The minimum absolute atomic E-state index is 0.0671. The van der Waals surface area contributed by atoms with Crippen molar-refractivity contribution in [3.8, 4) is 45.6 Å². The van der Waals surface area contributed by atoms with Gasteiger partial charge in [0, 0.05) is 35.1 Å². The van der Waals surface area contributed by atoms with Crippen LogP contribution in [0.3, 0.4) is 0 Å². The molecule has 4 unspecified atom stereocenters. The zero-order chi connectivity index (χ0) is 31.1. The van der Waals surface area contributed by atoms with Crippen LogP contribution in [0.25, 0.3) is 11.1 Å². The zero-order valence-corrected chi connectivity index (χ0v) is 25.0. The Morgan fingerprint density at radius 3 is 2.12 bits per heavy atom. The maximum absolute atomic E-state index is 13.5. The third kappa shape index (κ3) is 4.93. The Morgan fingerprint density at radius 1 is 0.860 bits per heavy atom. The Labute approximate surface area is 249 Å². The van der Waals surface area contributed by atoms with Gasteiger partial charge < -0.3 is 43.0 Å². The molecule has 3 aromatic rings. The monoisotopic (exact) mass is 594 g/mol. The van der Waals surface area contributed by atoms with E-state index in [9.17, 15) is 14.7 Å². The minimum Gasteiger partial charge on any atom is -0.493 e. The van der Waals surface area contributed by atoms with Crippen molar-refractivity contribution in [3.63, 3.8) is 0 Å². The summed E-state index contributed by atoms with van der Waals surface area (Å²) in [5, 5.41) is 12.3. The van der Waals surface area contributed by atoms with Crippen LogP contribution in [-0.2, 0) is 14.3 Å². The first-order valence-electron chi connectivity index (χ1n) is 13.6.